The Labute approximate surface area is 280 Å². The predicted octanol–water partition coefficient (Wildman–Crippen LogP) is 1.40. The molecule has 0 aromatic heterocycles. The molecule has 16 nitrogen and oxygen atoms in total. The minimum atomic E-state index is -4.03. The summed E-state index contributed by atoms with van der Waals surface area (Å²) < 4.78 is 36.2. The molecule has 5 atom stereocenters. The summed E-state index contributed by atoms with van der Waals surface area (Å²) in [5, 5.41) is 18.7. The standard InChI is InChI=1S/C30H44N6O10SSi/c1-6-48(7-2,8-3)46-19(5)25-26-18(4)23(17-34-14-13-21(16-34)33-24(37)15-32-47(31,43)44)27(35(26)28(25)38)30(40)45-29(39)20-9-11-22(12-10-20)36(41)42/h9-12,18-19,21,25-26,32H,6-8,13-17H2,1-5H3,(H,33,37)(H2,31,43,44)/t18-,19+,21-,25?,26+/m0/s1. The highest BCUT2D eigenvalue weighted by Crippen LogP contribution is 2.49. The lowest BCUT2D eigenvalue weighted by atomic mass is 9.77. The normalized spacial score (nSPS) is 23.5. The van der Waals surface area contributed by atoms with Crippen LogP contribution >= 0.6 is 0 Å². The number of carbonyl (C=O) groups is 4. The summed E-state index contributed by atoms with van der Waals surface area (Å²) in [6, 6.07) is 6.67. The molecular formula is C30H44N6O10SSi. The molecule has 4 N–H and O–H groups in total. The Hall–Kier alpha value is -3.55. The number of β-lactam (4-membered cyclic amide) rings is 1. The van der Waals surface area contributed by atoms with Crippen LogP contribution < -0.4 is 15.2 Å². The third kappa shape index (κ3) is 8.00. The van der Waals surface area contributed by atoms with Crippen molar-refractivity contribution in [2.45, 2.75) is 77.4 Å². The number of nitro benzene ring substituents is 1. The van der Waals surface area contributed by atoms with E-state index in [-0.39, 0.29) is 53.5 Å². The second-order valence-electron chi connectivity index (χ2n) is 12.6. The highest BCUT2D eigenvalue weighted by molar-refractivity contribution is 7.87. The van der Waals surface area contributed by atoms with Crippen molar-refractivity contribution in [3.8, 4) is 0 Å². The SMILES string of the molecule is CC[Si](CC)(CC)O[C@H](C)C1C(=O)N2C(C(=O)OC(=O)c3ccc([N+](=O)[O-])cc3)=C(CN3CC[C@H](NC(=O)CNS(N)(=O)=O)C3)[C@H](C)[C@H]12. The Morgan fingerprint density at radius 1 is 1.12 bits per heavy atom. The number of carbonyl (C=O) groups excluding carboxylic acids is 4. The van der Waals surface area contributed by atoms with Crippen molar-refractivity contribution in [2.24, 2.45) is 17.0 Å². The largest absolute Gasteiger partial charge is 0.413 e. The van der Waals surface area contributed by atoms with Crippen LogP contribution in [0.15, 0.2) is 35.5 Å². The van der Waals surface area contributed by atoms with E-state index in [9.17, 15) is 37.7 Å². The number of benzene rings is 1. The molecule has 48 heavy (non-hydrogen) atoms. The van der Waals surface area contributed by atoms with Gasteiger partial charge in [-0.2, -0.15) is 13.1 Å². The van der Waals surface area contributed by atoms with Crippen LogP contribution in [0.3, 0.4) is 0 Å². The van der Waals surface area contributed by atoms with E-state index in [1.165, 1.54) is 17.0 Å². The first-order chi connectivity index (χ1) is 22.5. The van der Waals surface area contributed by atoms with Gasteiger partial charge in [0.2, 0.25) is 11.8 Å². The lowest BCUT2D eigenvalue weighted by Gasteiger charge is -2.49. The van der Waals surface area contributed by atoms with Gasteiger partial charge in [0, 0.05) is 43.7 Å². The summed E-state index contributed by atoms with van der Waals surface area (Å²) >= 11 is 0. The molecule has 4 rings (SSSR count). The number of non-ortho nitro benzene ring substituents is 1. The number of nitrogens with zero attached hydrogens (tertiary/aromatic N) is 3. The maximum atomic E-state index is 13.8. The Morgan fingerprint density at radius 2 is 1.75 bits per heavy atom. The molecular weight excluding hydrogens is 665 g/mol. The first kappa shape index (κ1) is 37.3. The number of amides is 2. The number of nitrogens with one attached hydrogen (secondary N) is 2. The fourth-order valence-electron chi connectivity index (χ4n) is 6.99. The second kappa shape index (κ2) is 14.9. The Morgan fingerprint density at radius 3 is 2.31 bits per heavy atom. The molecule has 3 heterocycles. The number of ether oxygens (including phenoxy) is 1. The van der Waals surface area contributed by atoms with E-state index >= 15 is 0 Å². The van der Waals surface area contributed by atoms with Crippen molar-refractivity contribution in [2.75, 3.05) is 26.2 Å². The van der Waals surface area contributed by atoms with Crippen LogP contribution in [0.5, 0.6) is 0 Å². The van der Waals surface area contributed by atoms with Gasteiger partial charge in [0.15, 0.2) is 8.32 Å². The highest BCUT2D eigenvalue weighted by atomic mass is 32.2. The van der Waals surface area contributed by atoms with Gasteiger partial charge >= 0.3 is 11.9 Å². The minimum Gasteiger partial charge on any atom is -0.413 e. The van der Waals surface area contributed by atoms with Gasteiger partial charge in [0.1, 0.15) is 5.70 Å². The number of esters is 2. The van der Waals surface area contributed by atoms with Gasteiger partial charge in [0.05, 0.1) is 35.1 Å². The van der Waals surface area contributed by atoms with Crippen LogP contribution in [0.2, 0.25) is 18.1 Å². The molecule has 0 radical (unpaired) electrons. The molecule has 18 heteroatoms. The zero-order chi connectivity index (χ0) is 35.6. The number of likely N-dealkylation sites (tertiary alicyclic amines) is 1. The van der Waals surface area contributed by atoms with Gasteiger partial charge in [-0.25, -0.2) is 14.7 Å². The smallest absolute Gasteiger partial charge is 0.362 e. The molecule has 0 saturated carbocycles. The molecule has 0 spiro atoms. The van der Waals surface area contributed by atoms with Gasteiger partial charge < -0.3 is 19.4 Å². The van der Waals surface area contributed by atoms with Crippen LogP contribution in [0, 0.1) is 22.0 Å². The Bertz CT molecular complexity index is 1570. The molecule has 1 aromatic carbocycles. The minimum absolute atomic E-state index is 0.00830. The van der Waals surface area contributed by atoms with E-state index < -0.39 is 53.8 Å². The van der Waals surface area contributed by atoms with Gasteiger partial charge in [-0.1, -0.05) is 27.7 Å². The summed E-state index contributed by atoms with van der Waals surface area (Å²) in [6.45, 7) is 10.8. The highest BCUT2D eigenvalue weighted by Gasteiger charge is 2.61. The quantitative estimate of drug-likeness (QED) is 0.0590. The van der Waals surface area contributed by atoms with Crippen molar-refractivity contribution in [3.63, 3.8) is 0 Å². The fraction of sp³-hybridized carbons (Fsp3) is 0.600. The van der Waals surface area contributed by atoms with Crippen molar-refractivity contribution >= 4 is 48.0 Å². The Balaban J connectivity index is 1.55. The van der Waals surface area contributed by atoms with E-state index in [2.05, 4.69) is 26.1 Å². The van der Waals surface area contributed by atoms with E-state index in [1.807, 2.05) is 23.5 Å². The van der Waals surface area contributed by atoms with Crippen molar-refractivity contribution in [3.05, 3.63) is 51.2 Å². The molecule has 3 aliphatic rings. The molecule has 2 amide bonds. The zero-order valence-corrected chi connectivity index (χ0v) is 29.6. The topological polar surface area (TPSA) is 221 Å². The van der Waals surface area contributed by atoms with Crippen LogP contribution in [0.4, 0.5) is 5.69 Å². The lowest BCUT2D eigenvalue weighted by molar-refractivity contribution is -0.384. The van der Waals surface area contributed by atoms with Gasteiger partial charge in [-0.05, 0) is 49.2 Å². The van der Waals surface area contributed by atoms with Crippen LogP contribution in [0.1, 0.15) is 51.4 Å². The third-order valence-electron chi connectivity index (χ3n) is 9.83. The maximum Gasteiger partial charge on any atom is 0.362 e. The molecule has 2 fully saturated rings. The van der Waals surface area contributed by atoms with Gasteiger partial charge in [0.25, 0.3) is 15.9 Å². The first-order valence-corrected chi connectivity index (χ1v) is 20.2. The molecule has 1 unspecified atom stereocenters. The molecule has 2 saturated heterocycles. The van der Waals surface area contributed by atoms with E-state index in [0.29, 0.717) is 25.1 Å². The molecule has 0 aliphatic carbocycles. The summed E-state index contributed by atoms with van der Waals surface area (Å²) in [4.78, 5) is 66.5. The zero-order valence-electron chi connectivity index (χ0n) is 27.8. The average molecular weight is 709 g/mol. The first-order valence-electron chi connectivity index (χ1n) is 16.1. The predicted molar refractivity (Wildman–Crippen MR) is 176 cm³/mol. The fourth-order valence-corrected chi connectivity index (χ4v) is 10.3. The molecule has 3 aliphatic heterocycles. The number of hydrogen-bond acceptors (Lipinski definition) is 11. The van der Waals surface area contributed by atoms with Crippen LogP contribution in [-0.4, -0.2) is 99.6 Å². The second-order valence-corrected chi connectivity index (χ2v) is 18.7. The van der Waals surface area contributed by atoms with Crippen molar-refractivity contribution in [1.82, 2.24) is 19.8 Å². The van der Waals surface area contributed by atoms with Crippen molar-refractivity contribution < 1.29 is 41.7 Å². The molecule has 1 aromatic rings. The van der Waals surface area contributed by atoms with E-state index in [1.54, 1.807) is 0 Å². The summed E-state index contributed by atoms with van der Waals surface area (Å²) in [6.07, 6.45) is 0.168. The summed E-state index contributed by atoms with van der Waals surface area (Å²) in [5.74, 6) is -3.63. The summed E-state index contributed by atoms with van der Waals surface area (Å²) in [7, 11) is -6.09. The summed E-state index contributed by atoms with van der Waals surface area (Å²) in [5.41, 5.74) is 0.304. The van der Waals surface area contributed by atoms with E-state index in [4.69, 9.17) is 14.3 Å². The number of rotatable bonds is 15. The Kier molecular flexibility index (Phi) is 11.6. The number of nitrogens with two attached hydrogens (primary N) is 1. The van der Waals surface area contributed by atoms with Gasteiger partial charge in [-0.3, -0.25) is 24.6 Å². The average Bonchev–Trinajstić information content (AvgIpc) is 3.58. The van der Waals surface area contributed by atoms with Gasteiger partial charge in [-0.15, -0.1) is 0 Å². The lowest BCUT2D eigenvalue weighted by Crippen LogP contribution is -2.65. The monoisotopic (exact) mass is 708 g/mol. The number of hydrogen-bond donors (Lipinski definition) is 3. The van der Waals surface area contributed by atoms with Crippen molar-refractivity contribution in [1.29, 1.82) is 0 Å². The van der Waals surface area contributed by atoms with E-state index in [0.717, 1.165) is 30.3 Å². The number of nitro groups is 1. The maximum absolute atomic E-state index is 13.8. The molecule has 264 valence electrons. The third-order valence-corrected chi connectivity index (χ3v) is 15.1. The molecule has 0 bridgehead atoms. The number of fused-ring (bicyclic) bond motifs is 1. The van der Waals surface area contributed by atoms with Crippen LogP contribution in [-0.2, 0) is 33.8 Å². The van der Waals surface area contributed by atoms with Crippen LogP contribution in [0.25, 0.3) is 0 Å².